The van der Waals surface area contributed by atoms with E-state index in [9.17, 15) is 0 Å². The van der Waals surface area contributed by atoms with E-state index < -0.39 is 0 Å². The van der Waals surface area contributed by atoms with Gasteiger partial charge in [0.2, 0.25) is 0 Å². The van der Waals surface area contributed by atoms with Crippen LogP contribution in [-0.2, 0) is 0 Å². The van der Waals surface area contributed by atoms with E-state index in [0.29, 0.717) is 0 Å². The summed E-state index contributed by atoms with van der Waals surface area (Å²) in [6, 6.07) is 0. The highest BCUT2D eigenvalue weighted by molar-refractivity contribution is 4.49. The summed E-state index contributed by atoms with van der Waals surface area (Å²) in [6.45, 7) is 3.63. The second kappa shape index (κ2) is 13.9. The lowest BCUT2D eigenvalue weighted by molar-refractivity contribution is -0.870. The number of hydrogen-bond donors (Lipinski definition) is 0. The highest BCUT2D eigenvalue weighted by atomic mass is 15.6. The molecule has 0 aliphatic heterocycles. The van der Waals surface area contributed by atoms with E-state index in [2.05, 4.69) is 28.1 Å². The van der Waals surface area contributed by atoms with Crippen LogP contribution in [0.1, 0.15) is 96.8 Å². The van der Waals surface area contributed by atoms with Gasteiger partial charge in [-0.25, -0.2) is 0 Å². The van der Waals surface area contributed by atoms with Crippen molar-refractivity contribution in [1.29, 1.82) is 0 Å². The molecule has 0 aromatic carbocycles. The lowest BCUT2D eigenvalue weighted by Crippen LogP contribution is -2.35. The Bertz CT molecular complexity index is 181. The molecule has 20 heavy (non-hydrogen) atoms. The first-order chi connectivity index (χ1) is 9.56. The number of unbranched alkanes of at least 4 members (excludes halogenated alkanes) is 13. The zero-order valence-electron chi connectivity index (χ0n) is 15.1. The lowest BCUT2D eigenvalue weighted by atomic mass is 10.0. The van der Waals surface area contributed by atoms with Gasteiger partial charge in [0.05, 0.1) is 27.7 Å². The Morgan fingerprint density at radius 2 is 0.900 bits per heavy atom. The van der Waals surface area contributed by atoms with Gasteiger partial charge in [0.1, 0.15) is 0 Å². The van der Waals surface area contributed by atoms with E-state index in [4.69, 9.17) is 0 Å². The fourth-order valence-electron chi connectivity index (χ4n) is 2.78. The fourth-order valence-corrected chi connectivity index (χ4v) is 2.78. The summed E-state index contributed by atoms with van der Waals surface area (Å²) in [5.74, 6) is 0. The molecule has 0 aliphatic carbocycles. The van der Waals surface area contributed by atoms with Crippen LogP contribution in [0.5, 0.6) is 0 Å². The second-order valence-electron chi connectivity index (χ2n) is 7.61. The summed E-state index contributed by atoms with van der Waals surface area (Å²) < 4.78 is 1.12. The van der Waals surface area contributed by atoms with Crippen molar-refractivity contribution in [3.05, 3.63) is 0 Å². The van der Waals surface area contributed by atoms with Crippen molar-refractivity contribution < 1.29 is 4.48 Å². The zero-order valence-corrected chi connectivity index (χ0v) is 15.1. The first-order valence-electron chi connectivity index (χ1n) is 9.36. The molecule has 0 spiro atoms. The van der Waals surface area contributed by atoms with E-state index in [0.717, 1.165) is 4.48 Å². The topological polar surface area (TPSA) is 0 Å². The number of nitrogens with zero attached hydrogens (tertiary/aromatic N) is 1. The van der Waals surface area contributed by atoms with Gasteiger partial charge < -0.3 is 4.48 Å². The maximum Gasteiger partial charge on any atom is 0.0780 e. The Balaban J connectivity index is 2.99. The van der Waals surface area contributed by atoms with E-state index in [1.807, 2.05) is 0 Å². The Morgan fingerprint density at radius 1 is 0.550 bits per heavy atom. The predicted molar refractivity (Wildman–Crippen MR) is 93.2 cm³/mol. The molecule has 0 aromatic heterocycles. The summed E-state index contributed by atoms with van der Waals surface area (Å²) in [5, 5.41) is 0. The molecule has 0 heterocycles. The van der Waals surface area contributed by atoms with Gasteiger partial charge in [-0.1, -0.05) is 84.0 Å². The van der Waals surface area contributed by atoms with Crippen molar-refractivity contribution in [2.24, 2.45) is 0 Å². The third kappa shape index (κ3) is 18.0. The van der Waals surface area contributed by atoms with Gasteiger partial charge in [0, 0.05) is 0 Å². The minimum Gasteiger partial charge on any atom is -0.331 e. The Hall–Kier alpha value is -0.0400. The van der Waals surface area contributed by atoms with Gasteiger partial charge in [-0.15, -0.1) is 0 Å². The van der Waals surface area contributed by atoms with Crippen LogP contribution < -0.4 is 0 Å². The van der Waals surface area contributed by atoms with Crippen molar-refractivity contribution in [1.82, 2.24) is 0 Å². The molecule has 0 amide bonds. The minimum atomic E-state index is 1.12. The molecular weight excluding hydrogens is 244 g/mol. The molecule has 0 saturated heterocycles. The van der Waals surface area contributed by atoms with Crippen LogP contribution in [0.4, 0.5) is 0 Å². The Kier molecular flexibility index (Phi) is 13.9. The quantitative estimate of drug-likeness (QED) is 0.249. The molecule has 0 N–H and O–H groups in total. The van der Waals surface area contributed by atoms with Crippen molar-refractivity contribution in [3.8, 4) is 0 Å². The minimum absolute atomic E-state index is 1.12. The SMILES string of the molecule is CCCCCCCCCCCCCCC[14CH2][N+](C)(C)C. The first kappa shape index (κ1) is 20.0. The summed E-state index contributed by atoms with van der Waals surface area (Å²) in [4.78, 5) is 0. The van der Waals surface area contributed by atoms with Gasteiger partial charge in [-0.2, -0.15) is 0 Å². The molecule has 0 fully saturated rings. The van der Waals surface area contributed by atoms with Crippen molar-refractivity contribution in [2.75, 3.05) is 27.7 Å². The fraction of sp³-hybridized carbons (Fsp3) is 1.00. The summed E-state index contributed by atoms with van der Waals surface area (Å²) in [5.41, 5.74) is 0. The lowest BCUT2D eigenvalue weighted by Gasteiger charge is -2.23. The standard InChI is InChI=1S/C19H42N/c1-5-6-7-8-9-10-11-12-13-14-15-16-17-18-19-20(2,3)4/h5-19H2,1-4H3/q+1/i19+2. The van der Waals surface area contributed by atoms with Crippen LogP contribution in [0.15, 0.2) is 0 Å². The van der Waals surface area contributed by atoms with E-state index >= 15 is 0 Å². The van der Waals surface area contributed by atoms with Crippen molar-refractivity contribution in [2.45, 2.75) is 96.8 Å². The monoisotopic (exact) mass is 286 g/mol. The number of quaternary nitrogens is 1. The van der Waals surface area contributed by atoms with Gasteiger partial charge in [0.15, 0.2) is 0 Å². The molecular formula is C19H42N+. The summed E-state index contributed by atoms with van der Waals surface area (Å²) in [6.07, 6.45) is 20.4. The van der Waals surface area contributed by atoms with Crippen LogP contribution in [0.3, 0.4) is 0 Å². The van der Waals surface area contributed by atoms with Gasteiger partial charge >= 0.3 is 0 Å². The largest absolute Gasteiger partial charge is 0.331 e. The molecule has 0 aliphatic rings. The van der Waals surface area contributed by atoms with Crippen LogP contribution in [0.2, 0.25) is 0 Å². The van der Waals surface area contributed by atoms with Crippen molar-refractivity contribution >= 4 is 0 Å². The Morgan fingerprint density at radius 3 is 1.25 bits per heavy atom. The normalized spacial score (nSPS) is 12.0. The molecule has 0 rings (SSSR count). The molecule has 1 nitrogen and oxygen atoms in total. The van der Waals surface area contributed by atoms with Gasteiger partial charge in [-0.05, 0) is 12.8 Å². The zero-order chi connectivity index (χ0) is 15.1. The highest BCUT2D eigenvalue weighted by Gasteiger charge is 2.04. The van der Waals surface area contributed by atoms with Crippen molar-refractivity contribution in [3.63, 3.8) is 0 Å². The molecule has 1 heteroatoms. The third-order valence-corrected chi connectivity index (χ3v) is 4.18. The average molecular weight is 287 g/mol. The van der Waals surface area contributed by atoms with Gasteiger partial charge in [0.25, 0.3) is 0 Å². The molecule has 0 bridgehead atoms. The summed E-state index contributed by atoms with van der Waals surface area (Å²) >= 11 is 0. The van der Waals surface area contributed by atoms with Crippen LogP contribution in [0, 0.1) is 0 Å². The predicted octanol–water partition coefficient (Wildman–Crippen LogP) is 6.17. The molecule has 0 unspecified atom stereocenters. The van der Waals surface area contributed by atoms with E-state index in [1.54, 1.807) is 0 Å². The Labute approximate surface area is 129 Å². The molecule has 0 aromatic rings. The first-order valence-corrected chi connectivity index (χ1v) is 9.36. The van der Waals surface area contributed by atoms with Crippen LogP contribution in [0.25, 0.3) is 0 Å². The van der Waals surface area contributed by atoms with Crippen LogP contribution in [-0.4, -0.2) is 32.2 Å². The molecule has 0 radical (unpaired) electrons. The smallest absolute Gasteiger partial charge is 0.0780 e. The van der Waals surface area contributed by atoms with Gasteiger partial charge in [-0.3, -0.25) is 0 Å². The average Bonchev–Trinajstić information content (AvgIpc) is 2.38. The van der Waals surface area contributed by atoms with E-state index in [1.165, 1.54) is 96.4 Å². The molecule has 122 valence electrons. The number of hydrogen-bond acceptors (Lipinski definition) is 0. The summed E-state index contributed by atoms with van der Waals surface area (Å²) in [7, 11) is 6.88. The maximum absolute atomic E-state index is 2.29. The van der Waals surface area contributed by atoms with Crippen LogP contribution >= 0.6 is 0 Å². The third-order valence-electron chi connectivity index (χ3n) is 4.18. The molecule has 0 saturated carbocycles. The highest BCUT2D eigenvalue weighted by Crippen LogP contribution is 2.13. The second-order valence-corrected chi connectivity index (χ2v) is 7.61. The maximum atomic E-state index is 2.29. The van der Waals surface area contributed by atoms with E-state index in [-0.39, 0.29) is 0 Å². The number of rotatable bonds is 15. The molecule has 0 atom stereocenters.